The van der Waals surface area contributed by atoms with E-state index < -0.39 is 6.04 Å². The molecule has 2 aliphatic heterocycles. The van der Waals surface area contributed by atoms with Crippen molar-refractivity contribution >= 4 is 16.8 Å². The number of furan rings is 1. The molecule has 13 heteroatoms. The smallest absolute Gasteiger partial charge is 0.289 e. The molecular formula is C27H31N7O6. The standard InChI is InChI=1S/C27H31N7O6/c1-37-22-14-17-13-19(26(35)28-20(17)15-23(22)38-2)24(25-29-30-31-34(25)16-18-5-3-11-39-18)32-7-9-33(10-8-32)27(36)21-6-4-12-40-21/h4,6,12-15,18,24H,3,5,7-11,16H2,1-2H3,(H,28,35)/t18-,24+/m0/s1. The highest BCUT2D eigenvalue weighted by molar-refractivity contribution is 5.91. The maximum absolute atomic E-state index is 13.6. The first-order valence-corrected chi connectivity index (χ1v) is 13.3. The molecule has 0 spiro atoms. The molecule has 0 saturated carbocycles. The van der Waals surface area contributed by atoms with Crippen LogP contribution in [0.3, 0.4) is 0 Å². The number of benzene rings is 1. The molecule has 1 amide bonds. The monoisotopic (exact) mass is 549 g/mol. The summed E-state index contributed by atoms with van der Waals surface area (Å²) in [6, 6.07) is 8.23. The normalized spacial score (nSPS) is 18.8. The van der Waals surface area contributed by atoms with Crippen molar-refractivity contribution in [1.82, 2.24) is 35.0 Å². The van der Waals surface area contributed by atoms with Crippen molar-refractivity contribution in [1.29, 1.82) is 0 Å². The SMILES string of the molecule is COc1cc2cc([C@H](c3nnnn3C[C@@H]3CCCO3)N3CCN(C(=O)c4ccco4)CC3)c(=O)[nH]c2cc1OC. The fourth-order valence-electron chi connectivity index (χ4n) is 5.51. The number of methoxy groups -OCH3 is 2. The number of amides is 1. The minimum absolute atomic E-state index is 0.0114. The topological polar surface area (TPSA) is 141 Å². The van der Waals surface area contributed by atoms with Crippen LogP contribution in [-0.2, 0) is 11.3 Å². The fraction of sp³-hybridized carbons (Fsp3) is 0.444. The number of nitrogens with zero attached hydrogens (tertiary/aromatic N) is 6. The third-order valence-corrected chi connectivity index (χ3v) is 7.58. The number of aromatic amines is 1. The van der Waals surface area contributed by atoms with Crippen LogP contribution in [0.25, 0.3) is 10.9 Å². The summed E-state index contributed by atoms with van der Waals surface area (Å²) in [5, 5.41) is 13.4. The Hall–Kier alpha value is -4.23. The molecular weight excluding hydrogens is 518 g/mol. The van der Waals surface area contributed by atoms with Crippen molar-refractivity contribution in [3.05, 3.63) is 64.1 Å². The Labute approximate surface area is 229 Å². The van der Waals surface area contributed by atoms with Gasteiger partial charge in [-0.25, -0.2) is 4.68 Å². The van der Waals surface area contributed by atoms with E-state index >= 15 is 0 Å². The number of nitrogens with one attached hydrogen (secondary N) is 1. The molecule has 2 aliphatic rings. The van der Waals surface area contributed by atoms with E-state index in [9.17, 15) is 9.59 Å². The lowest BCUT2D eigenvalue weighted by Gasteiger charge is -2.38. The van der Waals surface area contributed by atoms with Crippen LogP contribution < -0.4 is 15.0 Å². The molecule has 2 fully saturated rings. The van der Waals surface area contributed by atoms with Crippen molar-refractivity contribution in [2.45, 2.75) is 31.5 Å². The van der Waals surface area contributed by atoms with E-state index in [1.807, 2.05) is 12.1 Å². The number of fused-ring (bicyclic) bond motifs is 1. The van der Waals surface area contributed by atoms with E-state index in [1.54, 1.807) is 42.0 Å². The van der Waals surface area contributed by atoms with Gasteiger partial charge in [0, 0.05) is 49.8 Å². The summed E-state index contributed by atoms with van der Waals surface area (Å²) in [4.78, 5) is 33.4. The van der Waals surface area contributed by atoms with Crippen molar-refractivity contribution in [2.24, 2.45) is 0 Å². The Morgan fingerprint density at radius 3 is 2.65 bits per heavy atom. The highest BCUT2D eigenvalue weighted by atomic mass is 16.5. The number of rotatable bonds is 8. The predicted octanol–water partition coefficient (Wildman–Crippen LogP) is 1.85. The van der Waals surface area contributed by atoms with Gasteiger partial charge in [-0.15, -0.1) is 5.10 Å². The van der Waals surface area contributed by atoms with Gasteiger partial charge in [0.25, 0.3) is 11.5 Å². The first-order chi connectivity index (χ1) is 19.6. The van der Waals surface area contributed by atoms with Gasteiger partial charge in [-0.2, -0.15) is 0 Å². The van der Waals surface area contributed by atoms with Gasteiger partial charge in [-0.05, 0) is 47.5 Å². The molecule has 5 heterocycles. The van der Waals surface area contributed by atoms with E-state index in [0.717, 1.165) is 18.2 Å². The Morgan fingerprint density at radius 1 is 1.15 bits per heavy atom. The van der Waals surface area contributed by atoms with Crippen LogP contribution in [0.15, 0.2) is 45.8 Å². The number of pyridine rings is 1. The molecule has 0 aliphatic carbocycles. The summed E-state index contributed by atoms with van der Waals surface area (Å²) >= 11 is 0. The molecule has 210 valence electrons. The van der Waals surface area contributed by atoms with Crippen molar-refractivity contribution in [3.63, 3.8) is 0 Å². The number of carbonyl (C=O) groups is 1. The number of aromatic nitrogens is 5. The Kier molecular flexibility index (Phi) is 7.22. The quantitative estimate of drug-likeness (QED) is 0.346. The molecule has 6 rings (SSSR count). The van der Waals surface area contributed by atoms with Crippen LogP contribution in [0, 0.1) is 0 Å². The molecule has 2 saturated heterocycles. The molecule has 13 nitrogen and oxygen atoms in total. The van der Waals surface area contributed by atoms with Crippen LogP contribution in [0.5, 0.6) is 11.5 Å². The van der Waals surface area contributed by atoms with Gasteiger partial charge in [0.1, 0.15) is 6.04 Å². The summed E-state index contributed by atoms with van der Waals surface area (Å²) in [5.74, 6) is 1.77. The molecule has 1 aromatic carbocycles. The summed E-state index contributed by atoms with van der Waals surface area (Å²) in [6.07, 6.45) is 3.42. The van der Waals surface area contributed by atoms with Gasteiger partial charge in [0.2, 0.25) is 0 Å². The lowest BCUT2D eigenvalue weighted by molar-refractivity contribution is 0.0550. The lowest BCUT2D eigenvalue weighted by atomic mass is 10.0. The van der Waals surface area contributed by atoms with Gasteiger partial charge >= 0.3 is 0 Å². The first-order valence-electron chi connectivity index (χ1n) is 13.3. The number of tetrazole rings is 1. The molecule has 0 bridgehead atoms. The molecule has 0 radical (unpaired) electrons. The third kappa shape index (κ3) is 4.93. The van der Waals surface area contributed by atoms with E-state index in [-0.39, 0.29) is 17.6 Å². The summed E-state index contributed by atoms with van der Waals surface area (Å²) < 4.78 is 23.8. The fourth-order valence-corrected chi connectivity index (χ4v) is 5.51. The van der Waals surface area contributed by atoms with Crippen LogP contribution in [0.1, 0.15) is 40.8 Å². The van der Waals surface area contributed by atoms with E-state index in [0.29, 0.717) is 73.5 Å². The lowest BCUT2D eigenvalue weighted by Crippen LogP contribution is -2.50. The molecule has 40 heavy (non-hydrogen) atoms. The highest BCUT2D eigenvalue weighted by Gasteiger charge is 2.35. The second-order valence-electron chi connectivity index (χ2n) is 9.91. The molecule has 3 aromatic heterocycles. The molecule has 0 unspecified atom stereocenters. The minimum atomic E-state index is -0.557. The Balaban J connectivity index is 1.37. The number of piperazine rings is 1. The van der Waals surface area contributed by atoms with Crippen LogP contribution >= 0.6 is 0 Å². The average molecular weight is 550 g/mol. The summed E-state index contributed by atoms with van der Waals surface area (Å²) in [6.45, 7) is 3.14. The zero-order valence-corrected chi connectivity index (χ0v) is 22.4. The maximum Gasteiger partial charge on any atom is 0.289 e. The highest BCUT2D eigenvalue weighted by Crippen LogP contribution is 2.33. The van der Waals surface area contributed by atoms with Crippen molar-refractivity contribution in [3.8, 4) is 11.5 Å². The van der Waals surface area contributed by atoms with E-state index in [1.165, 1.54) is 6.26 Å². The summed E-state index contributed by atoms with van der Waals surface area (Å²) in [7, 11) is 3.12. The van der Waals surface area contributed by atoms with E-state index in [2.05, 4.69) is 25.4 Å². The molecule has 1 N–H and O–H groups in total. The maximum atomic E-state index is 13.6. The van der Waals surface area contributed by atoms with Crippen molar-refractivity contribution in [2.75, 3.05) is 47.0 Å². The molecule has 2 atom stereocenters. The largest absolute Gasteiger partial charge is 0.493 e. The third-order valence-electron chi connectivity index (χ3n) is 7.58. The van der Waals surface area contributed by atoms with E-state index in [4.69, 9.17) is 18.6 Å². The number of carbonyl (C=O) groups excluding carboxylic acids is 1. The van der Waals surface area contributed by atoms with Gasteiger partial charge < -0.3 is 28.5 Å². The molecule has 4 aromatic rings. The Bertz CT molecular complexity index is 1530. The zero-order chi connectivity index (χ0) is 27.6. The Morgan fingerprint density at radius 2 is 1.95 bits per heavy atom. The van der Waals surface area contributed by atoms with Gasteiger partial charge in [0.05, 0.1) is 38.6 Å². The zero-order valence-electron chi connectivity index (χ0n) is 22.4. The number of ether oxygens (including phenoxy) is 3. The van der Waals surface area contributed by atoms with Crippen LogP contribution in [0.2, 0.25) is 0 Å². The first kappa shape index (κ1) is 26.0. The predicted molar refractivity (Wildman–Crippen MR) is 142 cm³/mol. The summed E-state index contributed by atoms with van der Waals surface area (Å²) in [5.41, 5.74) is 0.859. The number of H-pyrrole nitrogens is 1. The van der Waals surface area contributed by atoms with Crippen LogP contribution in [0.4, 0.5) is 0 Å². The van der Waals surface area contributed by atoms with Gasteiger partial charge in [-0.3, -0.25) is 14.5 Å². The second-order valence-corrected chi connectivity index (χ2v) is 9.91. The van der Waals surface area contributed by atoms with Crippen LogP contribution in [-0.4, -0.2) is 94.0 Å². The average Bonchev–Trinajstić information content (AvgIpc) is 3.77. The second kappa shape index (κ2) is 11.1. The number of hydrogen-bond acceptors (Lipinski definition) is 10. The number of hydrogen-bond donors (Lipinski definition) is 1. The van der Waals surface area contributed by atoms with Crippen molar-refractivity contribution < 1.29 is 23.4 Å². The van der Waals surface area contributed by atoms with Gasteiger partial charge in [-0.1, -0.05) is 0 Å². The minimum Gasteiger partial charge on any atom is -0.493 e. The van der Waals surface area contributed by atoms with Gasteiger partial charge in [0.15, 0.2) is 23.1 Å².